The molecule has 0 bridgehead atoms. The number of amides is 1. The van der Waals surface area contributed by atoms with Crippen LogP contribution in [0.3, 0.4) is 0 Å². The number of carbonyl (C=O) groups is 1. The third-order valence-electron chi connectivity index (χ3n) is 3.98. The third-order valence-corrected chi connectivity index (χ3v) is 4.34. The van der Waals surface area contributed by atoms with Gasteiger partial charge >= 0.3 is 0 Å². The lowest BCUT2D eigenvalue weighted by Gasteiger charge is -2.22. The number of hydrogen-bond donors (Lipinski definition) is 1. The second kappa shape index (κ2) is 8.14. The lowest BCUT2D eigenvalue weighted by atomic mass is 9.96. The quantitative estimate of drug-likeness (QED) is 0.865. The van der Waals surface area contributed by atoms with Crippen molar-refractivity contribution in [2.75, 3.05) is 13.1 Å². The van der Waals surface area contributed by atoms with Gasteiger partial charge in [-0.05, 0) is 37.1 Å². The molecule has 3 nitrogen and oxygen atoms in total. The highest BCUT2D eigenvalue weighted by Crippen LogP contribution is 2.27. The molecule has 2 aromatic carbocycles. The largest absolute Gasteiger partial charge is 0.388 e. The number of halogens is 1. The van der Waals surface area contributed by atoms with Gasteiger partial charge in [0, 0.05) is 30.1 Å². The van der Waals surface area contributed by atoms with Crippen molar-refractivity contribution in [3.8, 4) is 0 Å². The van der Waals surface area contributed by atoms with E-state index in [1.807, 2.05) is 44.2 Å². The van der Waals surface area contributed by atoms with Crippen molar-refractivity contribution in [2.24, 2.45) is 0 Å². The van der Waals surface area contributed by atoms with Crippen molar-refractivity contribution in [2.45, 2.75) is 26.4 Å². The van der Waals surface area contributed by atoms with Gasteiger partial charge in [-0.25, -0.2) is 0 Å². The Labute approximate surface area is 142 Å². The molecule has 1 amide bonds. The molecule has 0 saturated carbocycles. The molecular weight excluding hydrogens is 310 g/mol. The van der Waals surface area contributed by atoms with Crippen LogP contribution in [-0.4, -0.2) is 29.0 Å². The molecule has 1 unspecified atom stereocenters. The molecule has 122 valence electrons. The molecule has 0 spiro atoms. The summed E-state index contributed by atoms with van der Waals surface area (Å²) in [6.45, 7) is 5.18. The molecule has 0 aliphatic rings. The molecule has 2 aromatic rings. The van der Waals surface area contributed by atoms with Gasteiger partial charge in [-0.1, -0.05) is 48.0 Å². The Morgan fingerprint density at radius 3 is 2.35 bits per heavy atom. The normalized spacial score (nSPS) is 12.0. The van der Waals surface area contributed by atoms with E-state index in [0.29, 0.717) is 35.7 Å². The van der Waals surface area contributed by atoms with Crippen LogP contribution in [0.2, 0.25) is 5.02 Å². The molecule has 0 fully saturated rings. The Morgan fingerprint density at radius 1 is 1.09 bits per heavy atom. The highest BCUT2D eigenvalue weighted by atomic mass is 35.5. The van der Waals surface area contributed by atoms with E-state index in [1.165, 1.54) is 0 Å². The van der Waals surface area contributed by atoms with Crippen LogP contribution in [0.1, 0.15) is 41.4 Å². The molecule has 0 radical (unpaired) electrons. The van der Waals surface area contributed by atoms with E-state index in [4.69, 9.17) is 11.6 Å². The van der Waals surface area contributed by atoms with Crippen molar-refractivity contribution < 1.29 is 9.90 Å². The first kappa shape index (κ1) is 17.5. The summed E-state index contributed by atoms with van der Waals surface area (Å²) in [6.07, 6.45) is -0.384. The molecule has 23 heavy (non-hydrogen) atoms. The van der Waals surface area contributed by atoms with Crippen molar-refractivity contribution in [1.29, 1.82) is 0 Å². The van der Waals surface area contributed by atoms with Gasteiger partial charge in [-0.15, -0.1) is 0 Å². The minimum Gasteiger partial charge on any atom is -0.388 e. The van der Waals surface area contributed by atoms with Crippen molar-refractivity contribution in [3.63, 3.8) is 0 Å². The monoisotopic (exact) mass is 331 g/mol. The fraction of sp³-hybridized carbons (Fsp3) is 0.316. The molecule has 1 N–H and O–H groups in total. The molecule has 0 heterocycles. The molecule has 2 rings (SSSR count). The standard InChI is InChI=1S/C19H22ClNO2/c1-3-21(4-2)19(23)15-11-8-12-17(20)16(15)13-18(22)14-9-6-5-7-10-14/h5-12,18,22H,3-4,13H2,1-2H3. The maximum Gasteiger partial charge on any atom is 0.254 e. The predicted octanol–water partition coefficient (Wildman–Crippen LogP) is 4.10. The van der Waals surface area contributed by atoms with Crippen LogP contribution in [0.25, 0.3) is 0 Å². The van der Waals surface area contributed by atoms with E-state index < -0.39 is 6.10 Å². The molecular formula is C19H22ClNO2. The number of aliphatic hydroxyl groups is 1. The van der Waals surface area contributed by atoms with Crippen LogP contribution in [0.5, 0.6) is 0 Å². The molecule has 1 atom stereocenters. The first-order valence-electron chi connectivity index (χ1n) is 7.88. The fourth-order valence-corrected chi connectivity index (χ4v) is 2.89. The van der Waals surface area contributed by atoms with Crippen LogP contribution < -0.4 is 0 Å². The summed E-state index contributed by atoms with van der Waals surface area (Å²) in [7, 11) is 0. The van der Waals surface area contributed by atoms with Gasteiger partial charge < -0.3 is 10.0 Å². The number of benzene rings is 2. The van der Waals surface area contributed by atoms with E-state index in [2.05, 4.69) is 0 Å². The Hall–Kier alpha value is -1.84. The number of nitrogens with zero attached hydrogens (tertiary/aromatic N) is 1. The van der Waals surface area contributed by atoms with E-state index in [-0.39, 0.29) is 5.91 Å². The second-order valence-corrected chi connectivity index (χ2v) is 5.78. The fourth-order valence-electron chi connectivity index (χ4n) is 2.63. The summed E-state index contributed by atoms with van der Waals surface area (Å²) in [6, 6.07) is 14.7. The smallest absolute Gasteiger partial charge is 0.254 e. The zero-order chi connectivity index (χ0) is 16.8. The Morgan fingerprint density at radius 2 is 1.74 bits per heavy atom. The highest BCUT2D eigenvalue weighted by Gasteiger charge is 2.20. The van der Waals surface area contributed by atoms with Gasteiger partial charge in [-0.2, -0.15) is 0 Å². The maximum absolute atomic E-state index is 12.7. The summed E-state index contributed by atoms with van der Waals surface area (Å²) in [4.78, 5) is 14.4. The van der Waals surface area contributed by atoms with Crippen molar-refractivity contribution in [3.05, 3.63) is 70.2 Å². The van der Waals surface area contributed by atoms with E-state index in [0.717, 1.165) is 5.56 Å². The second-order valence-electron chi connectivity index (χ2n) is 5.37. The summed E-state index contributed by atoms with van der Waals surface area (Å²) in [5.74, 6) is -0.0484. The zero-order valence-electron chi connectivity index (χ0n) is 13.5. The molecule has 0 saturated heterocycles. The van der Waals surface area contributed by atoms with Crippen LogP contribution in [0.4, 0.5) is 0 Å². The Bertz CT molecular complexity index is 654. The van der Waals surface area contributed by atoms with Gasteiger partial charge in [0.05, 0.1) is 6.10 Å². The van der Waals surface area contributed by atoms with Gasteiger partial charge in [0.1, 0.15) is 0 Å². The first-order chi connectivity index (χ1) is 11.1. The topological polar surface area (TPSA) is 40.5 Å². The van der Waals surface area contributed by atoms with Crippen molar-refractivity contribution >= 4 is 17.5 Å². The molecule has 0 aliphatic heterocycles. The van der Waals surface area contributed by atoms with Gasteiger partial charge in [0.2, 0.25) is 0 Å². The van der Waals surface area contributed by atoms with Crippen LogP contribution >= 0.6 is 11.6 Å². The predicted molar refractivity (Wildman–Crippen MR) is 93.8 cm³/mol. The number of rotatable bonds is 6. The van der Waals surface area contributed by atoms with Crippen LogP contribution in [-0.2, 0) is 6.42 Å². The van der Waals surface area contributed by atoms with Crippen molar-refractivity contribution in [1.82, 2.24) is 4.90 Å². The van der Waals surface area contributed by atoms with Gasteiger partial charge in [0.25, 0.3) is 5.91 Å². The number of hydrogen-bond acceptors (Lipinski definition) is 2. The number of carbonyl (C=O) groups excluding carboxylic acids is 1. The minimum atomic E-state index is -0.695. The lowest BCUT2D eigenvalue weighted by molar-refractivity contribution is 0.0771. The van der Waals surface area contributed by atoms with Crippen LogP contribution in [0.15, 0.2) is 48.5 Å². The first-order valence-corrected chi connectivity index (χ1v) is 8.25. The minimum absolute atomic E-state index is 0.0484. The SMILES string of the molecule is CCN(CC)C(=O)c1cccc(Cl)c1CC(O)c1ccccc1. The zero-order valence-corrected chi connectivity index (χ0v) is 14.3. The van der Waals surface area contributed by atoms with E-state index in [1.54, 1.807) is 23.1 Å². The summed E-state index contributed by atoms with van der Waals surface area (Å²) >= 11 is 6.31. The summed E-state index contributed by atoms with van der Waals surface area (Å²) in [5.41, 5.74) is 2.08. The highest BCUT2D eigenvalue weighted by molar-refractivity contribution is 6.31. The summed E-state index contributed by atoms with van der Waals surface area (Å²) < 4.78 is 0. The van der Waals surface area contributed by atoms with Gasteiger partial charge in [-0.3, -0.25) is 4.79 Å². The van der Waals surface area contributed by atoms with E-state index >= 15 is 0 Å². The maximum atomic E-state index is 12.7. The average molecular weight is 332 g/mol. The average Bonchev–Trinajstić information content (AvgIpc) is 2.58. The van der Waals surface area contributed by atoms with Crippen LogP contribution in [0, 0.1) is 0 Å². The molecule has 4 heteroatoms. The number of aliphatic hydroxyl groups excluding tert-OH is 1. The lowest BCUT2D eigenvalue weighted by Crippen LogP contribution is -2.31. The molecule has 0 aliphatic carbocycles. The van der Waals surface area contributed by atoms with E-state index in [9.17, 15) is 9.90 Å². The summed E-state index contributed by atoms with van der Waals surface area (Å²) in [5, 5.41) is 11.0. The third kappa shape index (κ3) is 4.12. The Kier molecular flexibility index (Phi) is 6.20. The van der Waals surface area contributed by atoms with Gasteiger partial charge in [0.15, 0.2) is 0 Å². The Balaban J connectivity index is 2.33. The molecule has 0 aromatic heterocycles.